The lowest BCUT2D eigenvalue weighted by Crippen LogP contribution is -2.42. The van der Waals surface area contributed by atoms with Gasteiger partial charge in [-0.1, -0.05) is 39.4 Å². The van der Waals surface area contributed by atoms with E-state index in [-0.39, 0.29) is 5.60 Å². The summed E-state index contributed by atoms with van der Waals surface area (Å²) in [5.74, 6) is 0. The van der Waals surface area contributed by atoms with Crippen molar-refractivity contribution in [2.24, 2.45) is 0 Å². The normalized spacial score (nSPS) is 16.4. The molecule has 0 amide bonds. The fourth-order valence-electron chi connectivity index (χ4n) is 1.78. The van der Waals surface area contributed by atoms with Crippen molar-refractivity contribution < 1.29 is 9.16 Å². The van der Waals surface area contributed by atoms with Gasteiger partial charge in [0.15, 0.2) is 8.32 Å². The van der Waals surface area contributed by atoms with Gasteiger partial charge in [0.1, 0.15) is 0 Å². The van der Waals surface area contributed by atoms with Crippen molar-refractivity contribution in [1.29, 1.82) is 0 Å². The van der Waals surface area contributed by atoms with Crippen molar-refractivity contribution in [3.63, 3.8) is 0 Å². The average Bonchev–Trinajstić information content (AvgIpc) is 2.21. The van der Waals surface area contributed by atoms with Crippen molar-refractivity contribution >= 4 is 16.4 Å². The SMILES string of the molecule is CCCC[Si](C)(CCOC(C)(C)C)OC[Si](C)(C)C. The Bertz CT molecular complexity index is 244. The van der Waals surface area contributed by atoms with Gasteiger partial charge in [0.25, 0.3) is 0 Å². The zero-order valence-electron chi connectivity index (χ0n) is 14.6. The smallest absolute Gasteiger partial charge is 0.191 e. The molecule has 2 nitrogen and oxygen atoms in total. The van der Waals surface area contributed by atoms with E-state index < -0.39 is 16.4 Å². The maximum atomic E-state index is 6.43. The third-order valence-electron chi connectivity index (χ3n) is 3.08. The van der Waals surface area contributed by atoms with Crippen LogP contribution in [0.1, 0.15) is 40.5 Å². The van der Waals surface area contributed by atoms with Gasteiger partial charge in [-0.2, -0.15) is 0 Å². The Morgan fingerprint density at radius 3 is 1.95 bits per heavy atom. The van der Waals surface area contributed by atoms with E-state index in [1.807, 2.05) is 0 Å². The lowest BCUT2D eigenvalue weighted by molar-refractivity contribution is 0.00374. The molecule has 0 aliphatic rings. The standard InChI is InChI=1S/C15H36O2Si2/c1-9-10-12-19(8,17-14-18(5,6)7)13-11-16-15(2,3)4/h9-14H2,1-8H3. The van der Waals surface area contributed by atoms with Crippen LogP contribution in [0.15, 0.2) is 0 Å². The summed E-state index contributed by atoms with van der Waals surface area (Å²) in [6.07, 6.45) is 3.57. The van der Waals surface area contributed by atoms with E-state index in [2.05, 4.69) is 53.9 Å². The maximum Gasteiger partial charge on any atom is 0.191 e. The van der Waals surface area contributed by atoms with Gasteiger partial charge >= 0.3 is 0 Å². The lowest BCUT2D eigenvalue weighted by atomic mass is 10.2. The molecule has 0 aromatic carbocycles. The van der Waals surface area contributed by atoms with Gasteiger partial charge in [0.2, 0.25) is 0 Å². The van der Waals surface area contributed by atoms with Gasteiger partial charge < -0.3 is 9.16 Å². The molecule has 0 heterocycles. The molecule has 0 saturated carbocycles. The van der Waals surface area contributed by atoms with E-state index >= 15 is 0 Å². The van der Waals surface area contributed by atoms with Crippen LogP contribution in [-0.4, -0.2) is 34.8 Å². The first-order valence-electron chi connectivity index (χ1n) is 7.75. The monoisotopic (exact) mass is 304 g/mol. The largest absolute Gasteiger partial charge is 0.420 e. The predicted molar refractivity (Wildman–Crippen MR) is 91.1 cm³/mol. The molecule has 116 valence electrons. The fourth-order valence-corrected chi connectivity index (χ4v) is 7.08. The molecule has 0 aromatic rings. The Morgan fingerprint density at radius 1 is 0.947 bits per heavy atom. The zero-order valence-corrected chi connectivity index (χ0v) is 16.6. The Balaban J connectivity index is 4.33. The van der Waals surface area contributed by atoms with Gasteiger partial charge in [0.05, 0.1) is 13.7 Å². The lowest BCUT2D eigenvalue weighted by Gasteiger charge is -2.32. The maximum absolute atomic E-state index is 6.43. The topological polar surface area (TPSA) is 18.5 Å². The minimum atomic E-state index is -1.57. The molecule has 4 heteroatoms. The third kappa shape index (κ3) is 11.8. The second kappa shape index (κ2) is 7.96. The van der Waals surface area contributed by atoms with Crippen LogP contribution < -0.4 is 0 Å². The van der Waals surface area contributed by atoms with E-state index in [4.69, 9.17) is 9.16 Å². The molecule has 0 radical (unpaired) electrons. The number of hydrogen-bond acceptors (Lipinski definition) is 2. The number of rotatable bonds is 9. The van der Waals surface area contributed by atoms with E-state index in [0.717, 1.165) is 18.9 Å². The average molecular weight is 305 g/mol. The summed E-state index contributed by atoms with van der Waals surface area (Å²) in [5, 5.41) is 0. The number of ether oxygens (including phenoxy) is 1. The molecule has 0 aromatic heterocycles. The van der Waals surface area contributed by atoms with Crippen LogP contribution in [0.3, 0.4) is 0 Å². The molecule has 0 fully saturated rings. The van der Waals surface area contributed by atoms with Crippen molar-refractivity contribution in [1.82, 2.24) is 0 Å². The van der Waals surface area contributed by atoms with Crippen LogP contribution in [0.4, 0.5) is 0 Å². The van der Waals surface area contributed by atoms with E-state index in [0.29, 0.717) is 0 Å². The molecule has 0 rings (SSSR count). The molecule has 0 aliphatic heterocycles. The molecular weight excluding hydrogens is 268 g/mol. The molecular formula is C15H36O2Si2. The fraction of sp³-hybridized carbons (Fsp3) is 1.00. The van der Waals surface area contributed by atoms with E-state index in [1.54, 1.807) is 0 Å². The van der Waals surface area contributed by atoms with Crippen molar-refractivity contribution in [3.8, 4) is 0 Å². The predicted octanol–water partition coefficient (Wildman–Crippen LogP) is 5.07. The van der Waals surface area contributed by atoms with Crippen LogP contribution in [0, 0.1) is 0 Å². The van der Waals surface area contributed by atoms with E-state index in [9.17, 15) is 0 Å². The molecule has 1 unspecified atom stereocenters. The first-order valence-corrected chi connectivity index (χ1v) is 14.3. The number of unbranched alkanes of at least 4 members (excludes halogenated alkanes) is 1. The molecule has 0 saturated heterocycles. The van der Waals surface area contributed by atoms with Crippen LogP contribution in [0.25, 0.3) is 0 Å². The van der Waals surface area contributed by atoms with Gasteiger partial charge in [-0.3, -0.25) is 0 Å². The quantitative estimate of drug-likeness (QED) is 0.554. The summed E-state index contributed by atoms with van der Waals surface area (Å²) in [6, 6.07) is 2.41. The highest BCUT2D eigenvalue weighted by Crippen LogP contribution is 2.23. The van der Waals surface area contributed by atoms with Crippen molar-refractivity contribution in [2.75, 3.05) is 12.8 Å². The molecule has 1 atom stereocenters. The minimum Gasteiger partial charge on any atom is -0.420 e. The Hall–Kier alpha value is 0.354. The van der Waals surface area contributed by atoms with Crippen LogP contribution in [0.2, 0.25) is 38.3 Å². The van der Waals surface area contributed by atoms with Gasteiger partial charge in [-0.05, 0) is 39.4 Å². The Kier molecular flexibility index (Phi) is 8.11. The number of hydrogen-bond donors (Lipinski definition) is 0. The second-order valence-electron chi connectivity index (χ2n) is 8.11. The zero-order chi connectivity index (χ0) is 15.2. The summed E-state index contributed by atoms with van der Waals surface area (Å²) >= 11 is 0. The highest BCUT2D eigenvalue weighted by Gasteiger charge is 2.31. The summed E-state index contributed by atoms with van der Waals surface area (Å²) in [7, 11) is -2.68. The summed E-state index contributed by atoms with van der Waals surface area (Å²) in [6.45, 7) is 19.0. The van der Waals surface area contributed by atoms with Crippen LogP contribution in [0.5, 0.6) is 0 Å². The minimum absolute atomic E-state index is 0.0289. The van der Waals surface area contributed by atoms with Gasteiger partial charge in [-0.15, -0.1) is 0 Å². The highest BCUT2D eigenvalue weighted by atomic mass is 28.4. The van der Waals surface area contributed by atoms with Gasteiger partial charge in [0, 0.05) is 12.8 Å². The first-order chi connectivity index (χ1) is 8.47. The molecule has 0 bridgehead atoms. The van der Waals surface area contributed by atoms with Crippen LogP contribution >= 0.6 is 0 Å². The first kappa shape index (κ1) is 19.4. The molecule has 0 N–H and O–H groups in total. The Labute approximate surface area is 123 Å². The van der Waals surface area contributed by atoms with Crippen molar-refractivity contribution in [3.05, 3.63) is 0 Å². The Morgan fingerprint density at radius 2 is 1.53 bits per heavy atom. The summed E-state index contributed by atoms with van der Waals surface area (Å²) in [5.41, 5.74) is -0.0289. The summed E-state index contributed by atoms with van der Waals surface area (Å²) < 4.78 is 12.3. The molecule has 0 spiro atoms. The second-order valence-corrected chi connectivity index (χ2v) is 17.7. The van der Waals surface area contributed by atoms with Crippen LogP contribution in [-0.2, 0) is 9.16 Å². The highest BCUT2D eigenvalue weighted by molar-refractivity contribution is 6.78. The summed E-state index contributed by atoms with van der Waals surface area (Å²) in [4.78, 5) is 0. The molecule has 19 heavy (non-hydrogen) atoms. The third-order valence-corrected chi connectivity index (χ3v) is 7.89. The van der Waals surface area contributed by atoms with Gasteiger partial charge in [-0.25, -0.2) is 0 Å². The van der Waals surface area contributed by atoms with Crippen molar-refractivity contribution in [2.45, 2.75) is 84.4 Å². The molecule has 0 aliphatic carbocycles. The van der Waals surface area contributed by atoms with E-state index in [1.165, 1.54) is 18.9 Å².